The minimum Gasteiger partial charge on any atom is -0.478 e. The fraction of sp³-hybridized carbons (Fsp3) is 0.458. The van der Waals surface area contributed by atoms with Gasteiger partial charge in [-0.1, -0.05) is 58.1 Å². The summed E-state index contributed by atoms with van der Waals surface area (Å²) in [6.45, 7) is 11.3. The van der Waals surface area contributed by atoms with Crippen LogP contribution in [0.15, 0.2) is 42.0 Å². The van der Waals surface area contributed by atoms with Gasteiger partial charge in [-0.05, 0) is 76.8 Å². The second-order valence-electron chi connectivity index (χ2n) is 9.13. The van der Waals surface area contributed by atoms with E-state index in [2.05, 4.69) is 45.9 Å². The van der Waals surface area contributed by atoms with E-state index in [0.717, 1.165) is 18.4 Å². The molecule has 1 aromatic rings. The Morgan fingerprint density at radius 2 is 1.73 bits per heavy atom. The molecule has 0 heterocycles. The summed E-state index contributed by atoms with van der Waals surface area (Å²) < 4.78 is 0. The van der Waals surface area contributed by atoms with Crippen molar-refractivity contribution in [3.05, 3.63) is 64.3 Å². The molecule has 0 saturated heterocycles. The Hall–Kier alpha value is -2.09. The van der Waals surface area contributed by atoms with Gasteiger partial charge in [0, 0.05) is 6.08 Å². The number of carboxylic acids is 1. The minimum atomic E-state index is -0.900. The number of aryl methyl sites for hydroxylation is 1. The Bertz CT molecular complexity index is 832. The highest BCUT2D eigenvalue weighted by molar-refractivity contribution is 5.81. The predicted octanol–water partition coefficient (Wildman–Crippen LogP) is 5.95. The normalized spacial score (nSPS) is 22.5. The monoisotopic (exact) mass is 350 g/mol. The van der Waals surface area contributed by atoms with Crippen molar-refractivity contribution in [1.82, 2.24) is 0 Å². The lowest BCUT2D eigenvalue weighted by Crippen LogP contribution is -2.18. The van der Waals surface area contributed by atoms with Crippen LogP contribution >= 0.6 is 0 Å². The van der Waals surface area contributed by atoms with Crippen LogP contribution in [0, 0.1) is 0 Å². The fourth-order valence-corrected chi connectivity index (χ4v) is 4.90. The molecular weight excluding hydrogens is 320 g/mol. The molecule has 0 spiro atoms. The molecule has 0 bridgehead atoms. The van der Waals surface area contributed by atoms with Crippen LogP contribution in [0.5, 0.6) is 0 Å². The maximum Gasteiger partial charge on any atom is 0.328 e. The Labute approximate surface area is 157 Å². The van der Waals surface area contributed by atoms with Crippen LogP contribution in [0.4, 0.5) is 0 Å². The van der Waals surface area contributed by atoms with E-state index in [4.69, 9.17) is 5.11 Å². The van der Waals surface area contributed by atoms with Crippen LogP contribution in [0.2, 0.25) is 0 Å². The fourth-order valence-electron chi connectivity index (χ4n) is 4.90. The summed E-state index contributed by atoms with van der Waals surface area (Å²) in [7, 11) is 0. The third kappa shape index (κ3) is 3.56. The van der Waals surface area contributed by atoms with E-state index in [9.17, 15) is 4.79 Å². The van der Waals surface area contributed by atoms with Gasteiger partial charge in [0.05, 0.1) is 0 Å². The van der Waals surface area contributed by atoms with Crippen LogP contribution in [0.25, 0.3) is 5.57 Å². The van der Waals surface area contributed by atoms with Gasteiger partial charge in [0.25, 0.3) is 0 Å². The molecule has 138 valence electrons. The maximum atomic E-state index is 10.7. The van der Waals surface area contributed by atoms with Crippen LogP contribution in [0.1, 0.15) is 76.1 Å². The summed E-state index contributed by atoms with van der Waals surface area (Å²) in [5.74, 6) is -0.900. The van der Waals surface area contributed by atoms with E-state index in [1.807, 2.05) is 19.1 Å². The lowest BCUT2D eigenvalue weighted by atomic mass is 9.80. The van der Waals surface area contributed by atoms with Gasteiger partial charge in [-0.15, -0.1) is 0 Å². The number of allylic oxidation sites excluding steroid dienone is 5. The SMILES string of the molecule is CC(/C=C/C=C1\CCCc2cc3c(cc21)C(C)(C)CC3(C)C)=C\C(=O)O. The highest BCUT2D eigenvalue weighted by Gasteiger charge is 2.42. The third-order valence-corrected chi connectivity index (χ3v) is 5.83. The summed E-state index contributed by atoms with van der Waals surface area (Å²) in [5.41, 5.74) is 8.47. The standard InChI is InChI=1S/C24H30O2/c1-16(12-22(25)26)8-6-9-17-10-7-11-18-13-20-21(14-19(17)18)24(4,5)15-23(20,2)3/h6,8-9,12-14H,7,10-11,15H2,1-5H3,(H,25,26)/b8-6+,16-12+,17-9+. The van der Waals surface area contributed by atoms with Crippen LogP contribution < -0.4 is 0 Å². The third-order valence-electron chi connectivity index (χ3n) is 5.83. The van der Waals surface area contributed by atoms with E-state index >= 15 is 0 Å². The van der Waals surface area contributed by atoms with Gasteiger partial charge in [-0.2, -0.15) is 0 Å². The van der Waals surface area contributed by atoms with Gasteiger partial charge in [0.15, 0.2) is 0 Å². The first kappa shape index (κ1) is 18.7. The lowest BCUT2D eigenvalue weighted by Gasteiger charge is -2.25. The zero-order valence-electron chi connectivity index (χ0n) is 16.6. The van der Waals surface area contributed by atoms with Crippen molar-refractivity contribution in [2.75, 3.05) is 0 Å². The predicted molar refractivity (Wildman–Crippen MR) is 109 cm³/mol. The van der Waals surface area contributed by atoms with E-state index < -0.39 is 5.97 Å². The molecule has 2 heteroatoms. The Balaban J connectivity index is 2.00. The number of fused-ring (bicyclic) bond motifs is 2. The average Bonchev–Trinajstić information content (AvgIpc) is 2.69. The number of carboxylic acid groups (broad SMARTS) is 1. The highest BCUT2D eigenvalue weighted by Crippen LogP contribution is 2.51. The molecule has 0 radical (unpaired) electrons. The van der Waals surface area contributed by atoms with Crippen LogP contribution in [0.3, 0.4) is 0 Å². The molecule has 0 atom stereocenters. The zero-order chi connectivity index (χ0) is 19.1. The molecule has 0 amide bonds. The molecule has 0 aromatic heterocycles. The number of benzene rings is 1. The van der Waals surface area contributed by atoms with Crippen molar-refractivity contribution in [3.8, 4) is 0 Å². The van der Waals surface area contributed by atoms with E-state index in [1.54, 1.807) is 0 Å². The number of rotatable bonds is 3. The molecule has 1 aromatic carbocycles. The summed E-state index contributed by atoms with van der Waals surface area (Å²) in [6, 6.07) is 4.91. The molecule has 2 nitrogen and oxygen atoms in total. The number of hydrogen-bond acceptors (Lipinski definition) is 1. The molecule has 0 saturated carbocycles. The lowest BCUT2D eigenvalue weighted by molar-refractivity contribution is -0.131. The highest BCUT2D eigenvalue weighted by atomic mass is 16.4. The van der Waals surface area contributed by atoms with Gasteiger partial charge < -0.3 is 5.11 Å². The second kappa shape index (κ2) is 6.57. The smallest absolute Gasteiger partial charge is 0.328 e. The van der Waals surface area contributed by atoms with Gasteiger partial charge >= 0.3 is 5.97 Å². The number of aliphatic carboxylic acids is 1. The van der Waals surface area contributed by atoms with Crippen molar-refractivity contribution in [2.24, 2.45) is 0 Å². The van der Waals surface area contributed by atoms with Crippen molar-refractivity contribution in [1.29, 1.82) is 0 Å². The van der Waals surface area contributed by atoms with Crippen LogP contribution in [-0.2, 0) is 22.0 Å². The van der Waals surface area contributed by atoms with E-state index in [0.29, 0.717) is 0 Å². The van der Waals surface area contributed by atoms with Gasteiger partial charge in [0.2, 0.25) is 0 Å². The topological polar surface area (TPSA) is 37.3 Å². The minimum absolute atomic E-state index is 0.215. The van der Waals surface area contributed by atoms with Gasteiger partial charge in [-0.3, -0.25) is 0 Å². The van der Waals surface area contributed by atoms with Gasteiger partial charge in [0.1, 0.15) is 0 Å². The molecule has 2 aliphatic carbocycles. The zero-order valence-corrected chi connectivity index (χ0v) is 16.6. The van der Waals surface area contributed by atoms with Crippen molar-refractivity contribution in [3.63, 3.8) is 0 Å². The number of hydrogen-bond donors (Lipinski definition) is 1. The summed E-state index contributed by atoms with van der Waals surface area (Å²) in [6.07, 6.45) is 11.9. The van der Waals surface area contributed by atoms with Crippen molar-refractivity contribution >= 4 is 11.5 Å². The molecule has 26 heavy (non-hydrogen) atoms. The van der Waals surface area contributed by atoms with Crippen molar-refractivity contribution in [2.45, 2.75) is 71.1 Å². The molecule has 2 aliphatic rings. The summed E-state index contributed by atoms with van der Waals surface area (Å²) in [4.78, 5) is 10.7. The second-order valence-corrected chi connectivity index (χ2v) is 9.13. The Morgan fingerprint density at radius 3 is 2.38 bits per heavy atom. The van der Waals surface area contributed by atoms with Crippen LogP contribution in [-0.4, -0.2) is 11.1 Å². The van der Waals surface area contributed by atoms with E-state index in [-0.39, 0.29) is 10.8 Å². The Kier molecular flexibility index (Phi) is 4.72. The van der Waals surface area contributed by atoms with Gasteiger partial charge in [-0.25, -0.2) is 4.79 Å². The molecule has 0 fully saturated rings. The molecule has 0 aliphatic heterocycles. The van der Waals surface area contributed by atoms with E-state index in [1.165, 1.54) is 46.7 Å². The first-order valence-electron chi connectivity index (χ1n) is 9.57. The molecule has 0 unspecified atom stereocenters. The molecule has 3 rings (SSSR count). The largest absolute Gasteiger partial charge is 0.478 e. The summed E-state index contributed by atoms with van der Waals surface area (Å²) >= 11 is 0. The van der Waals surface area contributed by atoms with Crippen molar-refractivity contribution < 1.29 is 9.90 Å². The quantitative estimate of drug-likeness (QED) is 0.540. The molecular formula is C24H30O2. The maximum absolute atomic E-state index is 10.7. The molecule has 1 N–H and O–H groups in total. The summed E-state index contributed by atoms with van der Waals surface area (Å²) in [5, 5.41) is 8.82. The number of carbonyl (C=O) groups is 1. The average molecular weight is 351 g/mol. The Morgan fingerprint density at radius 1 is 1.08 bits per heavy atom. The first-order chi connectivity index (χ1) is 12.1. The first-order valence-corrected chi connectivity index (χ1v) is 9.57.